The molecule has 0 amide bonds. The fraction of sp³-hybridized carbons (Fsp3) is 0.625. The second kappa shape index (κ2) is 7.55. The minimum absolute atomic E-state index is 0.0981. The summed E-state index contributed by atoms with van der Waals surface area (Å²) in [4.78, 5) is 0. The van der Waals surface area contributed by atoms with Crippen LogP contribution in [-0.4, -0.2) is 17.7 Å². The zero-order valence-electron chi connectivity index (χ0n) is 12.1. The molecule has 1 aromatic carbocycles. The van der Waals surface area contributed by atoms with E-state index in [2.05, 4.69) is 38.2 Å². The average Bonchev–Trinajstić information content (AvgIpc) is 2.35. The highest BCUT2D eigenvalue weighted by Gasteiger charge is 2.15. The molecule has 1 rings (SSSR count). The molecule has 2 atom stereocenters. The number of nitrogens with one attached hydrogen (secondary N) is 1. The van der Waals surface area contributed by atoms with Gasteiger partial charge in [0.25, 0.3) is 0 Å². The van der Waals surface area contributed by atoms with Crippen LogP contribution in [0.2, 0.25) is 0 Å². The van der Waals surface area contributed by atoms with Gasteiger partial charge in [0.15, 0.2) is 0 Å². The summed E-state index contributed by atoms with van der Waals surface area (Å²) >= 11 is 0. The lowest BCUT2D eigenvalue weighted by Crippen LogP contribution is -2.32. The SMILES string of the molecule is CCCNC(C)C(O)c1ccc(CC(C)C)cc1. The number of aliphatic hydroxyl groups is 1. The van der Waals surface area contributed by atoms with Gasteiger partial charge >= 0.3 is 0 Å². The highest BCUT2D eigenvalue weighted by atomic mass is 16.3. The molecule has 0 aliphatic rings. The lowest BCUT2D eigenvalue weighted by Gasteiger charge is -2.20. The Labute approximate surface area is 111 Å². The molecule has 0 spiro atoms. The maximum Gasteiger partial charge on any atom is 0.0940 e. The van der Waals surface area contributed by atoms with Gasteiger partial charge in [-0.2, -0.15) is 0 Å². The van der Waals surface area contributed by atoms with Gasteiger partial charge in [-0.3, -0.25) is 0 Å². The van der Waals surface area contributed by atoms with Gasteiger partial charge in [-0.15, -0.1) is 0 Å². The molecule has 0 radical (unpaired) electrons. The first kappa shape index (κ1) is 15.2. The molecule has 0 aliphatic carbocycles. The van der Waals surface area contributed by atoms with Crippen molar-refractivity contribution < 1.29 is 5.11 Å². The molecular formula is C16H27NO. The monoisotopic (exact) mass is 249 g/mol. The summed E-state index contributed by atoms with van der Waals surface area (Å²) in [6.07, 6.45) is 1.76. The lowest BCUT2D eigenvalue weighted by atomic mass is 9.98. The van der Waals surface area contributed by atoms with Crippen molar-refractivity contribution in [3.05, 3.63) is 35.4 Å². The van der Waals surface area contributed by atoms with E-state index in [9.17, 15) is 5.11 Å². The van der Waals surface area contributed by atoms with Gasteiger partial charge < -0.3 is 10.4 Å². The third-order valence-electron chi connectivity index (χ3n) is 3.16. The minimum Gasteiger partial charge on any atom is -0.387 e. The molecule has 0 bridgehead atoms. The topological polar surface area (TPSA) is 32.3 Å². The van der Waals surface area contributed by atoms with Crippen LogP contribution in [0.25, 0.3) is 0 Å². The van der Waals surface area contributed by atoms with Gasteiger partial charge in [0.2, 0.25) is 0 Å². The first-order valence-corrected chi connectivity index (χ1v) is 7.04. The minimum atomic E-state index is -0.426. The highest BCUT2D eigenvalue weighted by Crippen LogP contribution is 2.18. The van der Waals surface area contributed by atoms with E-state index < -0.39 is 6.10 Å². The Bertz CT molecular complexity index is 331. The van der Waals surface area contributed by atoms with E-state index in [1.807, 2.05) is 19.1 Å². The largest absolute Gasteiger partial charge is 0.387 e. The van der Waals surface area contributed by atoms with E-state index in [0.717, 1.165) is 24.9 Å². The Morgan fingerprint density at radius 1 is 1.11 bits per heavy atom. The Kier molecular flexibility index (Phi) is 6.37. The van der Waals surface area contributed by atoms with Crippen molar-refractivity contribution in [2.75, 3.05) is 6.54 Å². The molecule has 18 heavy (non-hydrogen) atoms. The van der Waals surface area contributed by atoms with Crippen molar-refractivity contribution >= 4 is 0 Å². The number of hydrogen-bond acceptors (Lipinski definition) is 2. The molecule has 0 saturated heterocycles. The summed E-state index contributed by atoms with van der Waals surface area (Å²) in [6, 6.07) is 8.45. The van der Waals surface area contributed by atoms with Crippen LogP contribution in [0.5, 0.6) is 0 Å². The van der Waals surface area contributed by atoms with Crippen molar-refractivity contribution in [1.29, 1.82) is 0 Å². The number of benzene rings is 1. The molecule has 0 aromatic heterocycles. The van der Waals surface area contributed by atoms with Crippen molar-refractivity contribution in [3.63, 3.8) is 0 Å². The van der Waals surface area contributed by atoms with Gasteiger partial charge in [-0.05, 0) is 43.4 Å². The number of hydrogen-bond donors (Lipinski definition) is 2. The first-order valence-electron chi connectivity index (χ1n) is 7.04. The van der Waals surface area contributed by atoms with Crippen LogP contribution in [0.4, 0.5) is 0 Å². The van der Waals surface area contributed by atoms with Gasteiger partial charge in [-0.1, -0.05) is 45.0 Å². The Balaban J connectivity index is 2.60. The summed E-state index contributed by atoms with van der Waals surface area (Å²) in [7, 11) is 0. The van der Waals surface area contributed by atoms with E-state index >= 15 is 0 Å². The average molecular weight is 249 g/mol. The molecule has 1 aromatic rings. The van der Waals surface area contributed by atoms with E-state index in [4.69, 9.17) is 0 Å². The molecule has 0 fully saturated rings. The fourth-order valence-corrected chi connectivity index (χ4v) is 2.09. The third-order valence-corrected chi connectivity index (χ3v) is 3.16. The number of aliphatic hydroxyl groups excluding tert-OH is 1. The zero-order valence-corrected chi connectivity index (χ0v) is 12.1. The Hall–Kier alpha value is -0.860. The molecule has 2 nitrogen and oxygen atoms in total. The van der Waals surface area contributed by atoms with Gasteiger partial charge in [-0.25, -0.2) is 0 Å². The van der Waals surface area contributed by atoms with Crippen LogP contribution in [0, 0.1) is 5.92 Å². The van der Waals surface area contributed by atoms with Crippen LogP contribution in [-0.2, 0) is 6.42 Å². The maximum absolute atomic E-state index is 10.2. The van der Waals surface area contributed by atoms with Gasteiger partial charge in [0, 0.05) is 6.04 Å². The van der Waals surface area contributed by atoms with Crippen LogP contribution < -0.4 is 5.32 Å². The van der Waals surface area contributed by atoms with E-state index in [1.165, 1.54) is 5.56 Å². The lowest BCUT2D eigenvalue weighted by molar-refractivity contribution is 0.136. The molecule has 2 heteroatoms. The second-order valence-corrected chi connectivity index (χ2v) is 5.53. The molecule has 0 aliphatic heterocycles. The second-order valence-electron chi connectivity index (χ2n) is 5.53. The molecule has 2 N–H and O–H groups in total. The molecule has 2 unspecified atom stereocenters. The smallest absolute Gasteiger partial charge is 0.0940 e. The van der Waals surface area contributed by atoms with Crippen LogP contribution >= 0.6 is 0 Å². The molecule has 0 heterocycles. The predicted molar refractivity (Wildman–Crippen MR) is 77.7 cm³/mol. The van der Waals surface area contributed by atoms with E-state index in [1.54, 1.807) is 0 Å². The van der Waals surface area contributed by atoms with Gasteiger partial charge in [0.05, 0.1) is 6.10 Å². The Morgan fingerprint density at radius 2 is 1.72 bits per heavy atom. The highest BCUT2D eigenvalue weighted by molar-refractivity contribution is 5.25. The summed E-state index contributed by atoms with van der Waals surface area (Å²) in [5.74, 6) is 0.672. The summed E-state index contributed by atoms with van der Waals surface area (Å²) < 4.78 is 0. The summed E-state index contributed by atoms with van der Waals surface area (Å²) in [6.45, 7) is 9.55. The normalized spacial score (nSPS) is 14.8. The maximum atomic E-state index is 10.2. The van der Waals surface area contributed by atoms with Crippen LogP contribution in [0.15, 0.2) is 24.3 Å². The number of rotatable bonds is 7. The first-order chi connectivity index (χ1) is 8.54. The van der Waals surface area contributed by atoms with Crippen molar-refractivity contribution in [3.8, 4) is 0 Å². The summed E-state index contributed by atoms with van der Waals surface area (Å²) in [5.41, 5.74) is 2.34. The molecule has 0 saturated carbocycles. The van der Waals surface area contributed by atoms with Crippen molar-refractivity contribution in [2.24, 2.45) is 5.92 Å². The van der Waals surface area contributed by atoms with Crippen LogP contribution in [0.3, 0.4) is 0 Å². The molecular weight excluding hydrogens is 222 g/mol. The Morgan fingerprint density at radius 3 is 2.22 bits per heavy atom. The van der Waals surface area contributed by atoms with E-state index in [-0.39, 0.29) is 6.04 Å². The van der Waals surface area contributed by atoms with Gasteiger partial charge in [0.1, 0.15) is 0 Å². The van der Waals surface area contributed by atoms with Crippen molar-refractivity contribution in [2.45, 2.75) is 52.7 Å². The fourth-order valence-electron chi connectivity index (χ4n) is 2.09. The summed E-state index contributed by atoms with van der Waals surface area (Å²) in [5, 5.41) is 13.6. The zero-order chi connectivity index (χ0) is 13.5. The van der Waals surface area contributed by atoms with Crippen molar-refractivity contribution in [1.82, 2.24) is 5.32 Å². The van der Waals surface area contributed by atoms with E-state index in [0.29, 0.717) is 5.92 Å². The standard InChI is InChI=1S/C16H27NO/c1-5-10-17-13(4)16(18)15-8-6-14(7-9-15)11-12(2)3/h6-9,12-13,16-18H,5,10-11H2,1-4H3. The molecule has 102 valence electrons. The third kappa shape index (κ3) is 4.79. The predicted octanol–water partition coefficient (Wildman–Crippen LogP) is 3.31. The quantitative estimate of drug-likeness (QED) is 0.777. The van der Waals surface area contributed by atoms with Crippen LogP contribution in [0.1, 0.15) is 51.3 Å².